The van der Waals surface area contributed by atoms with Gasteiger partial charge in [0.15, 0.2) is 5.49 Å². The zero-order valence-corrected chi connectivity index (χ0v) is 19.5. The van der Waals surface area contributed by atoms with E-state index in [0.717, 1.165) is 65.4 Å². The number of amides is 1. The maximum atomic E-state index is 13.2. The molecule has 0 aromatic carbocycles. The Hall–Kier alpha value is -3.16. The van der Waals surface area contributed by atoms with E-state index in [-0.39, 0.29) is 5.49 Å². The van der Waals surface area contributed by atoms with Crippen LogP contribution in [0.2, 0.25) is 0 Å². The Balaban J connectivity index is 0.00000126. The zero-order valence-electron chi connectivity index (χ0n) is 19.5. The summed E-state index contributed by atoms with van der Waals surface area (Å²) in [6.07, 6.45) is 5.15. The van der Waals surface area contributed by atoms with Gasteiger partial charge in [0.1, 0.15) is 11.7 Å². The smallest absolute Gasteiger partial charge is 0.260 e. The predicted octanol–water partition coefficient (Wildman–Crippen LogP) is 4.85. The normalized spacial score (nSPS) is 18.4. The van der Waals surface area contributed by atoms with Crippen LogP contribution in [0.4, 0.5) is 14.6 Å². The lowest BCUT2D eigenvalue weighted by Crippen LogP contribution is -2.16. The first-order valence-corrected chi connectivity index (χ1v) is 11.6. The summed E-state index contributed by atoms with van der Waals surface area (Å²) in [6.45, 7) is 9.75. The van der Waals surface area contributed by atoms with Crippen LogP contribution >= 0.6 is 0 Å². The number of fused-ring (bicyclic) bond motifs is 3. The monoisotopic (exact) mass is 453 g/mol. The topological polar surface area (TPSA) is 72.2 Å². The number of alkyl halides is 2. The van der Waals surface area contributed by atoms with Gasteiger partial charge in [-0.1, -0.05) is 27.2 Å². The molecule has 1 atom stereocenters. The number of nitrogens with one attached hydrogen (secondary N) is 1. The highest BCUT2D eigenvalue weighted by molar-refractivity contribution is 5.85. The van der Waals surface area contributed by atoms with Gasteiger partial charge < -0.3 is 9.88 Å². The van der Waals surface area contributed by atoms with Gasteiger partial charge in [-0.2, -0.15) is 4.99 Å². The number of aryl methyl sites for hydroxylation is 2. The summed E-state index contributed by atoms with van der Waals surface area (Å²) in [7, 11) is 0. The third-order valence-corrected chi connectivity index (χ3v) is 5.95. The first-order chi connectivity index (χ1) is 15.9. The van der Waals surface area contributed by atoms with Gasteiger partial charge >= 0.3 is 0 Å². The molecule has 0 bridgehead atoms. The molecule has 4 heterocycles. The Kier molecular flexibility index (Phi) is 6.28. The third-order valence-electron chi connectivity index (χ3n) is 5.95. The number of halogens is 2. The Morgan fingerprint density at radius 1 is 1.21 bits per heavy atom. The second-order valence-electron chi connectivity index (χ2n) is 8.29. The Morgan fingerprint density at radius 3 is 2.64 bits per heavy atom. The molecule has 33 heavy (non-hydrogen) atoms. The minimum absolute atomic E-state index is 0.163. The number of nitrogens with zero attached hydrogens (tertiary/aromatic N) is 4. The molecule has 4 aliphatic rings. The van der Waals surface area contributed by atoms with E-state index < -0.39 is 24.2 Å². The zero-order chi connectivity index (χ0) is 23.8. The van der Waals surface area contributed by atoms with Crippen LogP contribution < -0.4 is 10.8 Å². The van der Waals surface area contributed by atoms with E-state index >= 15 is 0 Å². The minimum Gasteiger partial charge on any atom is -0.369 e. The fraction of sp³-hybridized carbons (Fsp3) is 0.440. The van der Waals surface area contributed by atoms with E-state index in [1.807, 2.05) is 20.0 Å². The summed E-state index contributed by atoms with van der Waals surface area (Å²) in [5, 5.41) is 3.44. The molecule has 1 aromatic heterocycles. The van der Waals surface area contributed by atoms with Crippen molar-refractivity contribution < 1.29 is 13.6 Å². The van der Waals surface area contributed by atoms with Gasteiger partial charge in [-0.15, -0.1) is 0 Å². The van der Waals surface area contributed by atoms with E-state index in [1.54, 1.807) is 12.3 Å². The van der Waals surface area contributed by atoms with Gasteiger partial charge in [0.2, 0.25) is 0 Å². The fourth-order valence-electron chi connectivity index (χ4n) is 4.22. The number of aromatic nitrogens is 3. The van der Waals surface area contributed by atoms with Gasteiger partial charge in [0, 0.05) is 60.4 Å². The molecule has 1 saturated carbocycles. The van der Waals surface area contributed by atoms with E-state index in [0.29, 0.717) is 0 Å². The molecule has 6 nitrogen and oxygen atoms in total. The number of hydrogen-bond donors (Lipinski definition) is 1. The Morgan fingerprint density at radius 2 is 1.97 bits per heavy atom. The predicted molar refractivity (Wildman–Crippen MR) is 124 cm³/mol. The van der Waals surface area contributed by atoms with Crippen LogP contribution in [0.5, 0.6) is 0 Å². The highest BCUT2D eigenvalue weighted by atomic mass is 19.3. The van der Waals surface area contributed by atoms with Crippen molar-refractivity contribution in [3.8, 4) is 22.4 Å². The van der Waals surface area contributed by atoms with Crippen molar-refractivity contribution in [1.29, 1.82) is 0 Å². The highest BCUT2D eigenvalue weighted by Gasteiger charge is 2.61. The van der Waals surface area contributed by atoms with Crippen molar-refractivity contribution >= 4 is 11.7 Å². The first kappa shape index (κ1) is 23.0. The molecule has 0 radical (unpaired) electrons. The van der Waals surface area contributed by atoms with E-state index in [4.69, 9.17) is 0 Å². The summed E-state index contributed by atoms with van der Waals surface area (Å²) >= 11 is 0. The maximum Gasteiger partial charge on any atom is 0.260 e. The van der Waals surface area contributed by atoms with Gasteiger partial charge in [-0.05, 0) is 31.0 Å². The van der Waals surface area contributed by atoms with Crippen molar-refractivity contribution in [2.24, 2.45) is 10.9 Å². The molecule has 3 aliphatic heterocycles. The second kappa shape index (κ2) is 9.00. The molecule has 1 aliphatic carbocycles. The van der Waals surface area contributed by atoms with E-state index in [1.165, 1.54) is 0 Å². The van der Waals surface area contributed by atoms with E-state index in [9.17, 15) is 13.6 Å². The molecule has 0 spiro atoms. The van der Waals surface area contributed by atoms with Crippen LogP contribution in [0.15, 0.2) is 35.6 Å². The summed E-state index contributed by atoms with van der Waals surface area (Å²) in [4.78, 5) is 24.7. The van der Waals surface area contributed by atoms with Gasteiger partial charge in [0.05, 0.1) is 5.69 Å². The fourth-order valence-corrected chi connectivity index (χ4v) is 4.22. The van der Waals surface area contributed by atoms with Crippen LogP contribution in [-0.4, -0.2) is 32.9 Å². The Labute approximate surface area is 192 Å². The highest BCUT2D eigenvalue weighted by Crippen LogP contribution is 2.49. The maximum absolute atomic E-state index is 13.2. The largest absolute Gasteiger partial charge is 0.369 e. The van der Waals surface area contributed by atoms with Crippen LogP contribution in [0, 0.1) is 12.8 Å². The average Bonchev–Trinajstić information content (AvgIpc) is 3.20. The van der Waals surface area contributed by atoms with E-state index in [2.05, 4.69) is 50.8 Å². The van der Waals surface area contributed by atoms with Crippen molar-refractivity contribution in [3.05, 3.63) is 47.3 Å². The van der Waals surface area contributed by atoms with Gasteiger partial charge in [-0.3, -0.25) is 9.78 Å². The lowest BCUT2D eigenvalue weighted by molar-refractivity contribution is -0.121. The van der Waals surface area contributed by atoms with Crippen LogP contribution in [0.1, 0.15) is 44.9 Å². The molecule has 1 N–H and O–H groups in total. The summed E-state index contributed by atoms with van der Waals surface area (Å²) in [5.41, 5.74) is 6.25. The number of carbonyl (C=O) groups is 1. The number of anilines is 1. The first-order valence-electron chi connectivity index (χ1n) is 11.6. The SMILES string of the molecule is CC.CCCc1cc(C)c(-c2cc3cnc(=NC(=O)C4CC4(F)F)cc-3n3c2NCC3)cn1. The standard InChI is InChI=1S/C23H23F2N5O.C2H6/c1-3-4-15-7-13(2)17(12-27-15)16-8-14-11-28-20(29-22(31)18-10-23(18,24)25)9-19(14)30-6-5-26-21(16)30;1-2/h7-9,11-12,18,26H,3-6,10H2,1-2H3;1-2H3. The molecule has 1 fully saturated rings. The molecule has 1 unspecified atom stereocenters. The van der Waals surface area contributed by atoms with Crippen LogP contribution in [0.3, 0.4) is 0 Å². The van der Waals surface area contributed by atoms with Gasteiger partial charge in [0.25, 0.3) is 11.8 Å². The summed E-state index contributed by atoms with van der Waals surface area (Å²) in [6, 6.07) is 5.88. The lowest BCUT2D eigenvalue weighted by Gasteiger charge is -2.19. The number of pyridine rings is 3. The molecule has 1 amide bonds. The molecule has 5 rings (SSSR count). The average molecular weight is 454 g/mol. The minimum atomic E-state index is -2.93. The molecule has 1 aromatic rings. The van der Waals surface area contributed by atoms with Crippen LogP contribution in [0.25, 0.3) is 22.4 Å². The summed E-state index contributed by atoms with van der Waals surface area (Å²) < 4.78 is 28.5. The molecule has 0 saturated heterocycles. The lowest BCUT2D eigenvalue weighted by atomic mass is 9.98. The number of carbonyl (C=O) groups excluding carboxylic acids is 1. The molecule has 8 heteroatoms. The third kappa shape index (κ3) is 4.38. The van der Waals surface area contributed by atoms with Crippen molar-refractivity contribution in [2.75, 3.05) is 11.9 Å². The number of hydrogen-bond acceptors (Lipinski definition) is 4. The van der Waals surface area contributed by atoms with Crippen LogP contribution in [-0.2, 0) is 17.8 Å². The molecule has 174 valence electrons. The van der Waals surface area contributed by atoms with Crippen molar-refractivity contribution in [1.82, 2.24) is 14.5 Å². The molecular weight excluding hydrogens is 424 g/mol. The van der Waals surface area contributed by atoms with Crippen molar-refractivity contribution in [2.45, 2.75) is 59.4 Å². The Bertz CT molecular complexity index is 1230. The van der Waals surface area contributed by atoms with Gasteiger partial charge in [-0.25, -0.2) is 13.8 Å². The van der Waals surface area contributed by atoms with Crippen molar-refractivity contribution in [3.63, 3.8) is 0 Å². The summed E-state index contributed by atoms with van der Waals surface area (Å²) in [5.74, 6) is -4.07. The second-order valence-corrected chi connectivity index (χ2v) is 8.29. The molecular formula is C25H29F2N5O. The quantitative estimate of drug-likeness (QED) is 0.613. The number of rotatable bonds is 4.